The van der Waals surface area contributed by atoms with Gasteiger partial charge in [0.1, 0.15) is 0 Å². The number of hydrogen-bond donors (Lipinski definition) is 1. The fraction of sp³-hybridized carbons (Fsp3) is 0.364. The summed E-state index contributed by atoms with van der Waals surface area (Å²) in [5.74, 6) is 0. The smallest absolute Gasteiger partial charge is 0.0340 e. The Balaban J connectivity index is 1.97. The third kappa shape index (κ3) is 2.39. The quantitative estimate of drug-likeness (QED) is 0.740. The zero-order chi connectivity index (χ0) is 8.93. The van der Waals surface area contributed by atoms with Crippen LogP contribution in [0.4, 0.5) is 0 Å². The van der Waals surface area contributed by atoms with Gasteiger partial charge in [-0.05, 0) is 31.0 Å². The number of hydrogen-bond acceptors (Lipinski definition) is 2. The fourth-order valence-corrected chi connectivity index (χ4v) is 1.58. The van der Waals surface area contributed by atoms with Gasteiger partial charge in [-0.25, -0.2) is 0 Å². The minimum Gasteiger partial charge on any atom is -0.311 e. The Bertz CT molecular complexity index is 273. The molecule has 0 spiro atoms. The van der Waals surface area contributed by atoms with E-state index >= 15 is 0 Å². The fourth-order valence-electron chi connectivity index (χ4n) is 1.58. The zero-order valence-electron chi connectivity index (χ0n) is 7.61. The van der Waals surface area contributed by atoms with Crippen molar-refractivity contribution in [3.05, 3.63) is 36.2 Å². The van der Waals surface area contributed by atoms with Crippen molar-refractivity contribution in [2.24, 2.45) is 0 Å². The topological polar surface area (TPSA) is 24.9 Å². The normalized spacial score (nSPS) is 22.6. The average molecular weight is 174 g/mol. The van der Waals surface area contributed by atoms with Gasteiger partial charge >= 0.3 is 0 Å². The predicted molar refractivity (Wildman–Crippen MR) is 54.3 cm³/mol. The van der Waals surface area contributed by atoms with Crippen LogP contribution < -0.4 is 5.32 Å². The number of pyridine rings is 1. The molecule has 0 radical (unpaired) electrons. The molecule has 1 saturated heterocycles. The number of aromatic nitrogens is 1. The summed E-state index contributed by atoms with van der Waals surface area (Å²) >= 11 is 0. The van der Waals surface area contributed by atoms with Crippen LogP contribution in [0.2, 0.25) is 0 Å². The Hall–Kier alpha value is -1.15. The number of rotatable bonds is 2. The molecule has 0 aliphatic carbocycles. The molecule has 1 fully saturated rings. The summed E-state index contributed by atoms with van der Waals surface area (Å²) in [5, 5.41) is 3.42. The van der Waals surface area contributed by atoms with Crippen LogP contribution in [0, 0.1) is 0 Å². The van der Waals surface area contributed by atoms with E-state index in [0.29, 0.717) is 6.04 Å². The minimum absolute atomic E-state index is 0.570. The Labute approximate surface area is 78.7 Å². The molecule has 68 valence electrons. The van der Waals surface area contributed by atoms with E-state index in [1.165, 1.54) is 18.4 Å². The third-order valence-corrected chi connectivity index (χ3v) is 2.30. The molecule has 1 aromatic heterocycles. The van der Waals surface area contributed by atoms with Crippen LogP contribution >= 0.6 is 0 Å². The summed E-state index contributed by atoms with van der Waals surface area (Å²) in [6.45, 7) is 1.15. The van der Waals surface area contributed by atoms with E-state index in [1.54, 1.807) is 6.20 Å². The van der Waals surface area contributed by atoms with Crippen LogP contribution in [0.5, 0.6) is 0 Å². The second kappa shape index (κ2) is 4.19. The summed E-state index contributed by atoms with van der Waals surface area (Å²) < 4.78 is 0. The highest BCUT2D eigenvalue weighted by Crippen LogP contribution is 2.08. The Morgan fingerprint density at radius 3 is 3.23 bits per heavy atom. The van der Waals surface area contributed by atoms with Crippen LogP contribution in [0.1, 0.15) is 18.4 Å². The third-order valence-electron chi connectivity index (χ3n) is 2.30. The van der Waals surface area contributed by atoms with E-state index in [9.17, 15) is 0 Å². The highest BCUT2D eigenvalue weighted by molar-refractivity contribution is 5.48. The molecule has 2 heterocycles. The molecule has 13 heavy (non-hydrogen) atoms. The summed E-state index contributed by atoms with van der Waals surface area (Å²) in [4.78, 5) is 4.06. The van der Waals surface area contributed by atoms with E-state index < -0.39 is 0 Å². The van der Waals surface area contributed by atoms with E-state index in [0.717, 1.165) is 6.54 Å². The van der Waals surface area contributed by atoms with E-state index in [-0.39, 0.29) is 0 Å². The van der Waals surface area contributed by atoms with Gasteiger partial charge in [-0.3, -0.25) is 4.98 Å². The first-order valence-electron chi connectivity index (χ1n) is 4.77. The van der Waals surface area contributed by atoms with Gasteiger partial charge in [-0.1, -0.05) is 18.2 Å². The van der Waals surface area contributed by atoms with Crippen LogP contribution in [0.15, 0.2) is 30.6 Å². The SMILES string of the molecule is C(=CC1CCCN1)c1cccnc1. The summed E-state index contributed by atoms with van der Waals surface area (Å²) in [7, 11) is 0. The van der Waals surface area contributed by atoms with Gasteiger partial charge in [-0.15, -0.1) is 0 Å². The van der Waals surface area contributed by atoms with Crippen LogP contribution in [-0.2, 0) is 0 Å². The van der Waals surface area contributed by atoms with Crippen LogP contribution in [-0.4, -0.2) is 17.6 Å². The molecular weight excluding hydrogens is 160 g/mol. The summed E-state index contributed by atoms with van der Waals surface area (Å²) in [5.41, 5.74) is 1.18. The monoisotopic (exact) mass is 174 g/mol. The average Bonchev–Trinajstić information content (AvgIpc) is 2.69. The molecular formula is C11H14N2. The van der Waals surface area contributed by atoms with Gasteiger partial charge in [-0.2, -0.15) is 0 Å². The second-order valence-corrected chi connectivity index (χ2v) is 3.35. The van der Waals surface area contributed by atoms with Crippen molar-refractivity contribution in [1.29, 1.82) is 0 Å². The number of nitrogens with one attached hydrogen (secondary N) is 1. The van der Waals surface area contributed by atoms with Gasteiger partial charge in [0.05, 0.1) is 0 Å². The van der Waals surface area contributed by atoms with Gasteiger partial charge in [0.2, 0.25) is 0 Å². The lowest BCUT2D eigenvalue weighted by Crippen LogP contribution is -2.17. The van der Waals surface area contributed by atoms with E-state index in [1.807, 2.05) is 12.3 Å². The molecule has 1 aliphatic heterocycles. The van der Waals surface area contributed by atoms with Crippen molar-refractivity contribution < 1.29 is 0 Å². The molecule has 0 aromatic carbocycles. The lowest BCUT2D eigenvalue weighted by Gasteiger charge is -2.01. The lowest BCUT2D eigenvalue weighted by molar-refractivity contribution is 0.730. The Kier molecular flexibility index (Phi) is 2.72. The van der Waals surface area contributed by atoms with Crippen molar-refractivity contribution in [3.8, 4) is 0 Å². The number of nitrogens with zero attached hydrogens (tertiary/aromatic N) is 1. The van der Waals surface area contributed by atoms with E-state index in [2.05, 4.69) is 28.5 Å². The van der Waals surface area contributed by atoms with Gasteiger partial charge < -0.3 is 5.32 Å². The van der Waals surface area contributed by atoms with Gasteiger partial charge in [0, 0.05) is 18.4 Å². The summed E-state index contributed by atoms with van der Waals surface area (Å²) in [6, 6.07) is 4.60. The van der Waals surface area contributed by atoms with Crippen molar-refractivity contribution in [2.45, 2.75) is 18.9 Å². The molecule has 0 bridgehead atoms. The van der Waals surface area contributed by atoms with Crippen molar-refractivity contribution in [1.82, 2.24) is 10.3 Å². The minimum atomic E-state index is 0.570. The van der Waals surface area contributed by atoms with Crippen molar-refractivity contribution >= 4 is 6.08 Å². The molecule has 1 atom stereocenters. The Morgan fingerprint density at radius 2 is 2.54 bits per heavy atom. The molecule has 2 heteroatoms. The molecule has 2 nitrogen and oxygen atoms in total. The molecule has 0 saturated carbocycles. The predicted octanol–water partition coefficient (Wildman–Crippen LogP) is 1.85. The van der Waals surface area contributed by atoms with Crippen molar-refractivity contribution in [2.75, 3.05) is 6.54 Å². The van der Waals surface area contributed by atoms with Crippen molar-refractivity contribution in [3.63, 3.8) is 0 Å². The molecule has 1 aromatic rings. The molecule has 2 rings (SSSR count). The molecule has 1 unspecified atom stereocenters. The highest BCUT2D eigenvalue weighted by atomic mass is 14.9. The first kappa shape index (κ1) is 8.45. The largest absolute Gasteiger partial charge is 0.311 e. The molecule has 1 aliphatic rings. The molecule has 1 N–H and O–H groups in total. The first-order chi connectivity index (χ1) is 6.45. The zero-order valence-corrected chi connectivity index (χ0v) is 7.61. The first-order valence-corrected chi connectivity index (χ1v) is 4.77. The van der Waals surface area contributed by atoms with Crippen LogP contribution in [0.3, 0.4) is 0 Å². The summed E-state index contributed by atoms with van der Waals surface area (Å²) in [6.07, 6.45) is 10.6. The van der Waals surface area contributed by atoms with Gasteiger partial charge in [0.25, 0.3) is 0 Å². The standard InChI is InChI=1S/C11H14N2/c1-3-10(9-12-7-1)5-6-11-4-2-8-13-11/h1,3,5-7,9,11,13H,2,4,8H2. The maximum atomic E-state index is 4.06. The highest BCUT2D eigenvalue weighted by Gasteiger charge is 2.09. The van der Waals surface area contributed by atoms with E-state index in [4.69, 9.17) is 0 Å². The maximum Gasteiger partial charge on any atom is 0.0340 e. The lowest BCUT2D eigenvalue weighted by atomic mass is 10.2. The second-order valence-electron chi connectivity index (χ2n) is 3.35. The van der Waals surface area contributed by atoms with Crippen LogP contribution in [0.25, 0.3) is 6.08 Å². The maximum absolute atomic E-state index is 4.06. The van der Waals surface area contributed by atoms with Gasteiger partial charge in [0.15, 0.2) is 0 Å². The Morgan fingerprint density at radius 1 is 1.54 bits per heavy atom. The molecule has 0 amide bonds.